The van der Waals surface area contributed by atoms with E-state index in [2.05, 4.69) is 10.5 Å². The van der Waals surface area contributed by atoms with Gasteiger partial charge < -0.3 is 19.2 Å². The Morgan fingerprint density at radius 1 is 1.25 bits per heavy atom. The van der Waals surface area contributed by atoms with Crippen LogP contribution in [0.5, 0.6) is 0 Å². The van der Waals surface area contributed by atoms with E-state index in [4.69, 9.17) is 8.94 Å². The maximum absolute atomic E-state index is 12.4. The number of hydrogen-bond donors (Lipinski definition) is 1. The fourth-order valence-electron chi connectivity index (χ4n) is 2.70. The molecule has 0 unspecified atom stereocenters. The van der Waals surface area contributed by atoms with Crippen LogP contribution in [0.15, 0.2) is 27.3 Å². The van der Waals surface area contributed by atoms with E-state index in [1.54, 1.807) is 30.9 Å². The van der Waals surface area contributed by atoms with E-state index in [1.165, 1.54) is 6.26 Å². The lowest BCUT2D eigenvalue weighted by atomic mass is 10.2. The highest BCUT2D eigenvalue weighted by Gasteiger charge is 2.25. The van der Waals surface area contributed by atoms with Crippen LogP contribution in [0.4, 0.5) is 5.82 Å². The highest BCUT2D eigenvalue weighted by atomic mass is 16.5. The van der Waals surface area contributed by atoms with E-state index in [1.807, 2.05) is 4.90 Å². The normalized spacial score (nSPS) is 15.5. The lowest BCUT2D eigenvalue weighted by Crippen LogP contribution is -2.50. The molecule has 0 bridgehead atoms. The minimum atomic E-state index is -0.145. The molecule has 1 fully saturated rings. The van der Waals surface area contributed by atoms with Crippen molar-refractivity contribution in [3.8, 4) is 0 Å². The molecule has 2 aromatic rings. The Kier molecular flexibility index (Phi) is 4.66. The molecule has 1 N–H and O–H groups in total. The number of carbonyl (C=O) groups excluding carboxylic acids is 2. The first kappa shape index (κ1) is 16.3. The van der Waals surface area contributed by atoms with Crippen LogP contribution in [0.1, 0.15) is 21.9 Å². The molecule has 0 saturated carbocycles. The lowest BCUT2D eigenvalue weighted by Gasteiger charge is -2.34. The second-order valence-electron chi connectivity index (χ2n) is 5.83. The Labute approximate surface area is 139 Å². The summed E-state index contributed by atoms with van der Waals surface area (Å²) in [6, 6.07) is 3.36. The number of rotatable bonds is 4. The van der Waals surface area contributed by atoms with Crippen molar-refractivity contribution in [2.24, 2.45) is 0 Å². The lowest BCUT2D eigenvalue weighted by molar-refractivity contribution is -0.117. The van der Waals surface area contributed by atoms with Crippen LogP contribution in [0.25, 0.3) is 0 Å². The standard InChI is InChI=1S/C16H20N4O4/c1-11-9-14(18-24-11)17-15(21)10-19-4-6-20(7-5-19)16(22)13-3-8-23-12(13)2/h3,8-9H,4-7,10H2,1-2H3,(H,17,18,21). The zero-order chi connectivity index (χ0) is 17.1. The molecule has 24 heavy (non-hydrogen) atoms. The summed E-state index contributed by atoms with van der Waals surface area (Å²) in [4.78, 5) is 28.2. The summed E-state index contributed by atoms with van der Waals surface area (Å²) in [6.45, 7) is 6.26. The highest BCUT2D eigenvalue weighted by molar-refractivity contribution is 5.95. The predicted octanol–water partition coefficient (Wildman–Crippen LogP) is 1.28. The molecule has 1 saturated heterocycles. The van der Waals surface area contributed by atoms with E-state index in [0.717, 1.165) is 0 Å². The minimum absolute atomic E-state index is 0.0246. The van der Waals surface area contributed by atoms with Crippen LogP contribution < -0.4 is 5.32 Å². The fraction of sp³-hybridized carbons (Fsp3) is 0.438. The topological polar surface area (TPSA) is 91.8 Å². The van der Waals surface area contributed by atoms with Crippen LogP contribution in [-0.4, -0.2) is 59.5 Å². The number of hydrogen-bond acceptors (Lipinski definition) is 6. The van der Waals surface area contributed by atoms with Gasteiger partial charge in [0.05, 0.1) is 18.4 Å². The van der Waals surface area contributed by atoms with Crippen LogP contribution >= 0.6 is 0 Å². The van der Waals surface area contributed by atoms with E-state index in [0.29, 0.717) is 49.1 Å². The first-order chi connectivity index (χ1) is 11.5. The van der Waals surface area contributed by atoms with E-state index < -0.39 is 0 Å². The van der Waals surface area contributed by atoms with Gasteiger partial charge in [-0.1, -0.05) is 5.16 Å². The van der Waals surface area contributed by atoms with Gasteiger partial charge in [0, 0.05) is 32.2 Å². The SMILES string of the molecule is Cc1cc(NC(=O)CN2CCN(C(=O)c3ccoc3C)CC2)no1. The van der Waals surface area contributed by atoms with Gasteiger partial charge in [-0.3, -0.25) is 14.5 Å². The van der Waals surface area contributed by atoms with Gasteiger partial charge in [-0.25, -0.2) is 0 Å². The molecule has 2 amide bonds. The molecule has 1 aliphatic rings. The third-order valence-electron chi connectivity index (χ3n) is 4.01. The molecule has 0 aromatic carbocycles. The van der Waals surface area contributed by atoms with E-state index >= 15 is 0 Å². The smallest absolute Gasteiger partial charge is 0.257 e. The summed E-state index contributed by atoms with van der Waals surface area (Å²) in [5.41, 5.74) is 0.600. The summed E-state index contributed by atoms with van der Waals surface area (Å²) in [5.74, 6) is 1.52. The zero-order valence-corrected chi connectivity index (χ0v) is 13.7. The molecule has 0 atom stereocenters. The van der Waals surface area contributed by atoms with Crippen LogP contribution in [0.3, 0.4) is 0 Å². The predicted molar refractivity (Wildman–Crippen MR) is 85.7 cm³/mol. The van der Waals surface area contributed by atoms with Gasteiger partial charge in [-0.05, 0) is 19.9 Å². The monoisotopic (exact) mass is 332 g/mol. The fourth-order valence-corrected chi connectivity index (χ4v) is 2.70. The summed E-state index contributed by atoms with van der Waals surface area (Å²) in [7, 11) is 0. The number of nitrogens with zero attached hydrogens (tertiary/aromatic N) is 3. The Morgan fingerprint density at radius 2 is 2.00 bits per heavy atom. The van der Waals surface area contributed by atoms with Gasteiger partial charge in [-0.2, -0.15) is 0 Å². The van der Waals surface area contributed by atoms with Gasteiger partial charge in [0.2, 0.25) is 5.91 Å². The Morgan fingerprint density at radius 3 is 2.58 bits per heavy atom. The van der Waals surface area contributed by atoms with Crippen molar-refractivity contribution in [1.82, 2.24) is 15.0 Å². The molecular weight excluding hydrogens is 312 g/mol. The summed E-state index contributed by atoms with van der Waals surface area (Å²) >= 11 is 0. The molecule has 8 nitrogen and oxygen atoms in total. The van der Waals surface area contributed by atoms with Crippen LogP contribution in [0, 0.1) is 13.8 Å². The number of carbonyl (C=O) groups is 2. The van der Waals surface area contributed by atoms with Gasteiger partial charge in [-0.15, -0.1) is 0 Å². The van der Waals surface area contributed by atoms with Crippen molar-refractivity contribution >= 4 is 17.6 Å². The van der Waals surface area contributed by atoms with Crippen molar-refractivity contribution in [2.45, 2.75) is 13.8 Å². The van der Waals surface area contributed by atoms with Crippen molar-refractivity contribution < 1.29 is 18.5 Å². The average molecular weight is 332 g/mol. The maximum Gasteiger partial charge on any atom is 0.257 e. The van der Waals surface area contributed by atoms with Crippen molar-refractivity contribution in [3.63, 3.8) is 0 Å². The highest BCUT2D eigenvalue weighted by Crippen LogP contribution is 2.14. The third-order valence-corrected chi connectivity index (χ3v) is 4.01. The molecule has 0 spiro atoms. The van der Waals surface area contributed by atoms with Gasteiger partial charge in [0.25, 0.3) is 5.91 Å². The minimum Gasteiger partial charge on any atom is -0.469 e. The van der Waals surface area contributed by atoms with Crippen molar-refractivity contribution in [2.75, 3.05) is 38.0 Å². The largest absolute Gasteiger partial charge is 0.469 e. The van der Waals surface area contributed by atoms with Gasteiger partial charge in [0.1, 0.15) is 11.5 Å². The third kappa shape index (κ3) is 3.65. The number of anilines is 1. The summed E-state index contributed by atoms with van der Waals surface area (Å²) in [5, 5.41) is 6.43. The molecule has 3 rings (SSSR count). The maximum atomic E-state index is 12.4. The quantitative estimate of drug-likeness (QED) is 0.907. The van der Waals surface area contributed by atoms with Crippen LogP contribution in [-0.2, 0) is 4.79 Å². The molecule has 1 aliphatic heterocycles. The number of piperazine rings is 1. The van der Waals surface area contributed by atoms with Crippen molar-refractivity contribution in [1.29, 1.82) is 0 Å². The molecule has 8 heteroatoms. The number of aromatic nitrogens is 1. The molecule has 0 radical (unpaired) electrons. The van der Waals surface area contributed by atoms with Crippen LogP contribution in [0.2, 0.25) is 0 Å². The average Bonchev–Trinajstić information content (AvgIpc) is 3.15. The summed E-state index contributed by atoms with van der Waals surface area (Å²) in [6.07, 6.45) is 1.52. The first-order valence-corrected chi connectivity index (χ1v) is 7.82. The molecule has 3 heterocycles. The Hall–Kier alpha value is -2.61. The number of amides is 2. The van der Waals surface area contributed by atoms with Gasteiger partial charge >= 0.3 is 0 Å². The molecule has 0 aliphatic carbocycles. The Balaban J connectivity index is 1.47. The van der Waals surface area contributed by atoms with E-state index in [-0.39, 0.29) is 18.4 Å². The number of aryl methyl sites for hydroxylation is 2. The second-order valence-corrected chi connectivity index (χ2v) is 5.83. The van der Waals surface area contributed by atoms with Gasteiger partial charge in [0.15, 0.2) is 5.82 Å². The first-order valence-electron chi connectivity index (χ1n) is 7.82. The summed E-state index contributed by atoms with van der Waals surface area (Å²) < 4.78 is 10.1. The molecule has 128 valence electrons. The van der Waals surface area contributed by atoms with E-state index in [9.17, 15) is 9.59 Å². The zero-order valence-electron chi connectivity index (χ0n) is 13.7. The number of nitrogens with one attached hydrogen (secondary N) is 1. The van der Waals surface area contributed by atoms with Crippen molar-refractivity contribution in [3.05, 3.63) is 35.5 Å². The Bertz CT molecular complexity index is 728. The molecular formula is C16H20N4O4. The second kappa shape index (κ2) is 6.88. The number of furan rings is 1. The molecule has 2 aromatic heterocycles.